The van der Waals surface area contributed by atoms with Gasteiger partial charge in [-0.15, -0.1) is 0 Å². The fourth-order valence-electron chi connectivity index (χ4n) is 0.637. The third kappa shape index (κ3) is 2.68. The van der Waals surface area contributed by atoms with Gasteiger partial charge in [0.15, 0.2) is 0 Å². The predicted octanol–water partition coefficient (Wildman–Crippen LogP) is 1.72. The standard InChI is InChI=1S/C7H4F4N2O/c8-4-1-2-5(12-3-4)13-6(14)7(9,10)11/h1-3H,(H,12,13,14). The molecule has 0 spiro atoms. The molecule has 14 heavy (non-hydrogen) atoms. The Morgan fingerprint density at radius 2 is 2.00 bits per heavy atom. The molecular weight excluding hydrogens is 204 g/mol. The summed E-state index contributed by atoms with van der Waals surface area (Å²) in [6.07, 6.45) is -4.28. The Labute approximate surface area is 75.8 Å². The van der Waals surface area contributed by atoms with Crippen LogP contribution in [0.4, 0.5) is 23.4 Å². The maximum absolute atomic E-state index is 12.3. The second kappa shape index (κ2) is 3.60. The molecule has 76 valence electrons. The number of hydrogen-bond donors (Lipinski definition) is 1. The van der Waals surface area contributed by atoms with Crippen molar-refractivity contribution < 1.29 is 22.4 Å². The number of amides is 1. The van der Waals surface area contributed by atoms with E-state index in [0.717, 1.165) is 12.1 Å². The van der Waals surface area contributed by atoms with Crippen LogP contribution in [0.2, 0.25) is 0 Å². The highest BCUT2D eigenvalue weighted by Gasteiger charge is 2.38. The lowest BCUT2D eigenvalue weighted by Crippen LogP contribution is -2.30. The van der Waals surface area contributed by atoms with E-state index in [1.54, 1.807) is 0 Å². The Morgan fingerprint density at radius 1 is 1.36 bits per heavy atom. The van der Waals surface area contributed by atoms with Gasteiger partial charge in [-0.25, -0.2) is 9.37 Å². The first kappa shape index (κ1) is 10.4. The summed E-state index contributed by atoms with van der Waals surface area (Å²) in [6.45, 7) is 0. The second-order valence-electron chi connectivity index (χ2n) is 2.31. The van der Waals surface area contributed by atoms with Gasteiger partial charge in [-0.2, -0.15) is 13.2 Å². The highest BCUT2D eigenvalue weighted by molar-refractivity contribution is 5.94. The Balaban J connectivity index is 2.71. The third-order valence-corrected chi connectivity index (χ3v) is 1.23. The molecule has 3 nitrogen and oxygen atoms in total. The number of anilines is 1. The number of nitrogens with one attached hydrogen (secondary N) is 1. The molecule has 1 heterocycles. The average Bonchev–Trinajstić information content (AvgIpc) is 2.07. The molecule has 0 saturated heterocycles. The lowest BCUT2D eigenvalue weighted by molar-refractivity contribution is -0.167. The van der Waals surface area contributed by atoms with Crippen LogP contribution in [-0.2, 0) is 4.79 Å². The highest BCUT2D eigenvalue weighted by Crippen LogP contribution is 2.16. The molecule has 0 aromatic carbocycles. The second-order valence-corrected chi connectivity index (χ2v) is 2.31. The molecule has 0 unspecified atom stereocenters. The van der Waals surface area contributed by atoms with Crippen LogP contribution < -0.4 is 5.32 Å². The van der Waals surface area contributed by atoms with Crippen LogP contribution in [0.25, 0.3) is 0 Å². The largest absolute Gasteiger partial charge is 0.471 e. The van der Waals surface area contributed by atoms with Crippen LogP contribution in [0.15, 0.2) is 18.3 Å². The molecule has 7 heteroatoms. The van der Waals surface area contributed by atoms with Crippen molar-refractivity contribution in [2.75, 3.05) is 5.32 Å². The molecule has 1 amide bonds. The summed E-state index contributed by atoms with van der Waals surface area (Å²) in [6, 6.07) is 1.82. The van der Waals surface area contributed by atoms with E-state index in [0.29, 0.717) is 6.20 Å². The minimum atomic E-state index is -4.98. The van der Waals surface area contributed by atoms with Crippen molar-refractivity contribution >= 4 is 11.7 Å². The van der Waals surface area contributed by atoms with Gasteiger partial charge in [-0.1, -0.05) is 0 Å². The molecule has 1 aromatic heterocycles. The van der Waals surface area contributed by atoms with Crippen molar-refractivity contribution in [1.82, 2.24) is 4.98 Å². The van der Waals surface area contributed by atoms with Gasteiger partial charge in [0.25, 0.3) is 0 Å². The summed E-state index contributed by atoms with van der Waals surface area (Å²) < 4.78 is 47.4. The summed E-state index contributed by atoms with van der Waals surface area (Å²) in [7, 11) is 0. The van der Waals surface area contributed by atoms with Crippen LogP contribution in [-0.4, -0.2) is 17.1 Å². The fourth-order valence-corrected chi connectivity index (χ4v) is 0.637. The predicted molar refractivity (Wildman–Crippen MR) is 38.9 cm³/mol. The summed E-state index contributed by atoms with van der Waals surface area (Å²) in [5, 5.41) is 1.47. The Bertz CT molecular complexity index is 333. The van der Waals surface area contributed by atoms with Crippen LogP contribution in [0.1, 0.15) is 0 Å². The molecule has 0 aliphatic rings. The topological polar surface area (TPSA) is 42.0 Å². The van der Waals surface area contributed by atoms with E-state index in [2.05, 4.69) is 4.98 Å². The minimum absolute atomic E-state index is 0.353. The van der Waals surface area contributed by atoms with Gasteiger partial charge in [0.2, 0.25) is 0 Å². The monoisotopic (exact) mass is 208 g/mol. The first-order valence-electron chi connectivity index (χ1n) is 3.39. The number of hydrogen-bond acceptors (Lipinski definition) is 2. The quantitative estimate of drug-likeness (QED) is 0.714. The first-order chi connectivity index (χ1) is 6.39. The van der Waals surface area contributed by atoms with Crippen molar-refractivity contribution in [2.45, 2.75) is 6.18 Å². The van der Waals surface area contributed by atoms with Crippen molar-refractivity contribution in [3.63, 3.8) is 0 Å². The summed E-state index contributed by atoms with van der Waals surface area (Å²) in [5.41, 5.74) is 0. The van der Waals surface area contributed by atoms with E-state index in [1.165, 1.54) is 5.32 Å². The SMILES string of the molecule is O=C(Nc1ccc(F)cn1)C(F)(F)F. The van der Waals surface area contributed by atoms with Crippen LogP contribution >= 0.6 is 0 Å². The number of nitrogens with zero attached hydrogens (tertiary/aromatic N) is 1. The lowest BCUT2D eigenvalue weighted by atomic mass is 10.4. The van der Waals surface area contributed by atoms with E-state index in [-0.39, 0.29) is 5.82 Å². The van der Waals surface area contributed by atoms with E-state index in [4.69, 9.17) is 0 Å². The van der Waals surface area contributed by atoms with Gasteiger partial charge < -0.3 is 5.32 Å². The van der Waals surface area contributed by atoms with Crippen molar-refractivity contribution in [3.05, 3.63) is 24.1 Å². The van der Waals surface area contributed by atoms with E-state index in [9.17, 15) is 22.4 Å². The number of pyridine rings is 1. The molecular formula is C7H4F4N2O. The zero-order chi connectivity index (χ0) is 10.8. The highest BCUT2D eigenvalue weighted by atomic mass is 19.4. The van der Waals surface area contributed by atoms with Gasteiger partial charge in [0.05, 0.1) is 6.20 Å². The molecule has 0 radical (unpaired) electrons. The van der Waals surface area contributed by atoms with Crippen LogP contribution in [0.5, 0.6) is 0 Å². The Kier molecular flexibility index (Phi) is 2.68. The third-order valence-electron chi connectivity index (χ3n) is 1.23. The normalized spacial score (nSPS) is 11.1. The molecule has 0 saturated carbocycles. The number of alkyl halides is 3. The Hall–Kier alpha value is -1.66. The van der Waals surface area contributed by atoms with Gasteiger partial charge in [-0.05, 0) is 12.1 Å². The fraction of sp³-hybridized carbons (Fsp3) is 0.143. The molecule has 1 aromatic rings. The van der Waals surface area contributed by atoms with Gasteiger partial charge in [0.1, 0.15) is 11.6 Å². The maximum Gasteiger partial charge on any atom is 0.471 e. The first-order valence-corrected chi connectivity index (χ1v) is 3.39. The summed E-state index contributed by atoms with van der Waals surface area (Å²) >= 11 is 0. The van der Waals surface area contributed by atoms with E-state index in [1.807, 2.05) is 0 Å². The molecule has 0 aliphatic carbocycles. The number of halogens is 4. The minimum Gasteiger partial charge on any atom is -0.303 e. The molecule has 0 fully saturated rings. The number of carbonyl (C=O) groups is 1. The smallest absolute Gasteiger partial charge is 0.303 e. The average molecular weight is 208 g/mol. The van der Waals surface area contributed by atoms with Crippen molar-refractivity contribution in [1.29, 1.82) is 0 Å². The number of rotatable bonds is 1. The van der Waals surface area contributed by atoms with Crippen LogP contribution in [0.3, 0.4) is 0 Å². The van der Waals surface area contributed by atoms with E-state index < -0.39 is 17.9 Å². The molecule has 1 rings (SSSR count). The zero-order valence-electron chi connectivity index (χ0n) is 6.60. The lowest BCUT2D eigenvalue weighted by Gasteiger charge is -2.06. The Morgan fingerprint density at radius 3 is 2.43 bits per heavy atom. The number of aromatic nitrogens is 1. The zero-order valence-corrected chi connectivity index (χ0v) is 6.60. The van der Waals surface area contributed by atoms with Crippen molar-refractivity contribution in [3.8, 4) is 0 Å². The van der Waals surface area contributed by atoms with Crippen LogP contribution in [0, 0.1) is 5.82 Å². The molecule has 0 aliphatic heterocycles. The molecule has 0 bridgehead atoms. The molecule has 0 atom stereocenters. The number of carbonyl (C=O) groups excluding carboxylic acids is 1. The maximum atomic E-state index is 12.3. The summed E-state index contributed by atoms with van der Waals surface area (Å²) in [4.78, 5) is 13.6. The summed E-state index contributed by atoms with van der Waals surface area (Å²) in [5.74, 6) is -3.19. The van der Waals surface area contributed by atoms with Gasteiger partial charge in [-0.3, -0.25) is 4.79 Å². The van der Waals surface area contributed by atoms with Crippen molar-refractivity contribution in [2.24, 2.45) is 0 Å². The van der Waals surface area contributed by atoms with Gasteiger partial charge in [0, 0.05) is 0 Å². The molecule has 1 N–H and O–H groups in total. The van der Waals surface area contributed by atoms with E-state index >= 15 is 0 Å². The van der Waals surface area contributed by atoms with Gasteiger partial charge >= 0.3 is 12.1 Å².